The van der Waals surface area contributed by atoms with Crippen LogP contribution in [0.2, 0.25) is 0 Å². The van der Waals surface area contributed by atoms with Crippen molar-refractivity contribution in [2.45, 2.75) is 26.8 Å². The molecule has 5 heteroatoms. The highest BCUT2D eigenvalue weighted by Gasteiger charge is 2.11. The number of hydrogen-bond donors (Lipinski definition) is 1. The van der Waals surface area contributed by atoms with Crippen LogP contribution in [0.1, 0.15) is 19.7 Å². The summed E-state index contributed by atoms with van der Waals surface area (Å²) < 4.78 is 4.11. The predicted molar refractivity (Wildman–Crippen MR) is 60.7 cm³/mol. The van der Waals surface area contributed by atoms with Crippen LogP contribution in [0, 0.1) is 12.8 Å². The summed E-state index contributed by atoms with van der Waals surface area (Å²) in [5.74, 6) is 1.43. The fourth-order valence-electron chi connectivity index (χ4n) is 0.826. The number of halogens is 1. The van der Waals surface area contributed by atoms with E-state index < -0.39 is 0 Å². The maximum atomic E-state index is 4.25. The van der Waals surface area contributed by atoms with Crippen LogP contribution >= 0.6 is 27.5 Å². The SMILES string of the molecule is Cc1nsc(NC(C)C(C)CBr)n1. The van der Waals surface area contributed by atoms with Crippen LogP contribution in [-0.2, 0) is 0 Å². The minimum absolute atomic E-state index is 0.423. The Morgan fingerprint density at radius 1 is 1.54 bits per heavy atom. The van der Waals surface area contributed by atoms with Crippen molar-refractivity contribution in [3.8, 4) is 0 Å². The number of aromatic nitrogens is 2. The zero-order valence-electron chi connectivity index (χ0n) is 8.04. The molecule has 0 spiro atoms. The van der Waals surface area contributed by atoms with Gasteiger partial charge in [0.2, 0.25) is 5.13 Å². The fraction of sp³-hybridized carbons (Fsp3) is 0.750. The van der Waals surface area contributed by atoms with E-state index in [1.807, 2.05) is 6.92 Å². The van der Waals surface area contributed by atoms with Gasteiger partial charge in [0.15, 0.2) is 0 Å². The van der Waals surface area contributed by atoms with Crippen molar-refractivity contribution in [2.75, 3.05) is 10.6 Å². The van der Waals surface area contributed by atoms with Crippen molar-refractivity contribution in [3.05, 3.63) is 5.82 Å². The maximum absolute atomic E-state index is 4.25. The van der Waals surface area contributed by atoms with Crippen LogP contribution in [0.5, 0.6) is 0 Å². The Labute approximate surface area is 91.3 Å². The molecule has 1 heterocycles. The molecular weight excluding hydrogens is 250 g/mol. The number of aryl methyl sites for hydroxylation is 1. The highest BCUT2D eigenvalue weighted by molar-refractivity contribution is 9.09. The van der Waals surface area contributed by atoms with Crippen LogP contribution in [0.3, 0.4) is 0 Å². The molecule has 0 bridgehead atoms. The summed E-state index contributed by atoms with van der Waals surface area (Å²) in [6.45, 7) is 6.25. The van der Waals surface area contributed by atoms with Gasteiger partial charge in [0.1, 0.15) is 5.82 Å². The van der Waals surface area contributed by atoms with Gasteiger partial charge in [0, 0.05) is 22.9 Å². The Balaban J connectivity index is 2.49. The molecule has 2 atom stereocenters. The molecule has 0 radical (unpaired) electrons. The molecule has 3 nitrogen and oxygen atoms in total. The first kappa shape index (κ1) is 10.9. The van der Waals surface area contributed by atoms with Gasteiger partial charge in [-0.1, -0.05) is 22.9 Å². The lowest BCUT2D eigenvalue weighted by molar-refractivity contribution is 0.572. The maximum Gasteiger partial charge on any atom is 0.202 e. The monoisotopic (exact) mass is 263 g/mol. The first-order valence-corrected chi connectivity index (χ1v) is 6.15. The quantitative estimate of drug-likeness (QED) is 0.849. The molecule has 74 valence electrons. The van der Waals surface area contributed by atoms with E-state index >= 15 is 0 Å². The number of alkyl halides is 1. The van der Waals surface area contributed by atoms with E-state index in [9.17, 15) is 0 Å². The lowest BCUT2D eigenvalue weighted by Gasteiger charge is -2.17. The van der Waals surface area contributed by atoms with Crippen LogP contribution in [0.15, 0.2) is 0 Å². The van der Waals surface area contributed by atoms with Gasteiger partial charge in [-0.05, 0) is 19.8 Å². The van der Waals surface area contributed by atoms with Crippen molar-refractivity contribution in [1.82, 2.24) is 9.36 Å². The molecular formula is C8H14BrN3S. The Hall–Kier alpha value is -0.160. The van der Waals surface area contributed by atoms with Crippen LogP contribution in [-0.4, -0.2) is 20.7 Å². The van der Waals surface area contributed by atoms with E-state index in [-0.39, 0.29) is 0 Å². The van der Waals surface area contributed by atoms with E-state index in [0.29, 0.717) is 12.0 Å². The minimum Gasteiger partial charge on any atom is -0.358 e. The van der Waals surface area contributed by atoms with Crippen molar-refractivity contribution in [1.29, 1.82) is 0 Å². The second kappa shape index (κ2) is 4.91. The Bertz CT molecular complexity index is 264. The molecule has 0 aliphatic carbocycles. The average molecular weight is 264 g/mol. The van der Waals surface area contributed by atoms with Gasteiger partial charge in [-0.3, -0.25) is 0 Å². The molecule has 2 unspecified atom stereocenters. The van der Waals surface area contributed by atoms with Gasteiger partial charge in [-0.15, -0.1) is 0 Å². The lowest BCUT2D eigenvalue weighted by Crippen LogP contribution is -2.24. The summed E-state index contributed by atoms with van der Waals surface area (Å²) >= 11 is 4.88. The molecule has 0 saturated carbocycles. The Morgan fingerprint density at radius 3 is 2.69 bits per heavy atom. The number of nitrogens with one attached hydrogen (secondary N) is 1. The van der Waals surface area contributed by atoms with Gasteiger partial charge in [0.25, 0.3) is 0 Å². The molecule has 0 saturated heterocycles. The third-order valence-corrected chi connectivity index (χ3v) is 3.73. The third kappa shape index (κ3) is 3.23. The van der Waals surface area contributed by atoms with Gasteiger partial charge in [-0.2, -0.15) is 4.37 Å². The number of nitrogens with zero attached hydrogens (tertiary/aromatic N) is 2. The molecule has 1 aromatic rings. The second-order valence-electron chi connectivity index (χ2n) is 3.21. The molecule has 0 aliphatic heterocycles. The van der Waals surface area contributed by atoms with E-state index in [1.165, 1.54) is 11.5 Å². The van der Waals surface area contributed by atoms with Crippen LogP contribution in [0.25, 0.3) is 0 Å². The minimum atomic E-state index is 0.423. The molecule has 0 amide bonds. The highest BCUT2D eigenvalue weighted by Crippen LogP contribution is 2.15. The summed E-state index contributed by atoms with van der Waals surface area (Å²) in [6.07, 6.45) is 0. The zero-order valence-corrected chi connectivity index (χ0v) is 10.4. The van der Waals surface area contributed by atoms with Crippen molar-refractivity contribution >= 4 is 32.6 Å². The Kier molecular flexibility index (Phi) is 4.12. The highest BCUT2D eigenvalue weighted by atomic mass is 79.9. The molecule has 1 aromatic heterocycles. The van der Waals surface area contributed by atoms with E-state index in [2.05, 4.69) is 44.5 Å². The molecule has 0 aliphatic rings. The van der Waals surface area contributed by atoms with Crippen molar-refractivity contribution < 1.29 is 0 Å². The summed E-state index contributed by atoms with van der Waals surface area (Å²) in [6, 6.07) is 0.423. The Morgan fingerprint density at radius 2 is 2.23 bits per heavy atom. The molecule has 0 aromatic carbocycles. The standard InChI is InChI=1S/C8H14BrN3S/c1-5(4-9)6(2)10-8-11-7(3)12-13-8/h5-6H,4H2,1-3H3,(H,10,11,12). The van der Waals surface area contributed by atoms with Gasteiger partial charge >= 0.3 is 0 Å². The predicted octanol–water partition coefficient (Wildman–Crippen LogP) is 2.68. The third-order valence-electron chi connectivity index (χ3n) is 1.98. The summed E-state index contributed by atoms with van der Waals surface area (Å²) in [5, 5.41) is 5.24. The number of anilines is 1. The van der Waals surface area contributed by atoms with E-state index in [1.54, 1.807) is 0 Å². The average Bonchev–Trinajstić information content (AvgIpc) is 2.49. The van der Waals surface area contributed by atoms with Crippen molar-refractivity contribution in [2.24, 2.45) is 5.92 Å². The van der Waals surface area contributed by atoms with Crippen molar-refractivity contribution in [3.63, 3.8) is 0 Å². The van der Waals surface area contributed by atoms with Gasteiger partial charge in [0.05, 0.1) is 0 Å². The fourth-order valence-corrected chi connectivity index (χ4v) is 2.06. The first-order valence-electron chi connectivity index (χ1n) is 4.26. The number of rotatable bonds is 4. The van der Waals surface area contributed by atoms with Crippen LogP contribution in [0.4, 0.5) is 5.13 Å². The second-order valence-corrected chi connectivity index (χ2v) is 4.61. The summed E-state index contributed by atoms with van der Waals surface area (Å²) in [4.78, 5) is 4.25. The van der Waals surface area contributed by atoms with E-state index in [0.717, 1.165) is 16.3 Å². The van der Waals surface area contributed by atoms with Crippen LogP contribution < -0.4 is 5.32 Å². The normalized spacial score (nSPS) is 15.4. The topological polar surface area (TPSA) is 37.8 Å². The molecule has 1 N–H and O–H groups in total. The summed E-state index contributed by atoms with van der Waals surface area (Å²) in [5.41, 5.74) is 0. The lowest BCUT2D eigenvalue weighted by atomic mass is 10.1. The molecule has 0 fully saturated rings. The van der Waals surface area contributed by atoms with Gasteiger partial charge < -0.3 is 5.32 Å². The summed E-state index contributed by atoms with van der Waals surface area (Å²) in [7, 11) is 0. The zero-order chi connectivity index (χ0) is 9.84. The van der Waals surface area contributed by atoms with E-state index in [4.69, 9.17) is 0 Å². The smallest absolute Gasteiger partial charge is 0.202 e. The largest absolute Gasteiger partial charge is 0.358 e. The molecule has 1 rings (SSSR count). The molecule has 13 heavy (non-hydrogen) atoms. The first-order chi connectivity index (χ1) is 6.13. The number of hydrogen-bond acceptors (Lipinski definition) is 4. The van der Waals surface area contributed by atoms with Gasteiger partial charge in [-0.25, -0.2) is 4.98 Å².